The molecule has 0 heterocycles. The van der Waals surface area contributed by atoms with Gasteiger partial charge in [0.15, 0.2) is 0 Å². The van der Waals surface area contributed by atoms with E-state index < -0.39 is 6.10 Å². The minimum Gasteiger partial charge on any atom is -0.223 e. The Morgan fingerprint density at radius 2 is 1.00 bits per heavy atom. The van der Waals surface area contributed by atoms with Crippen molar-refractivity contribution < 1.29 is 5.11 Å². The molecule has 0 spiro atoms. The molecule has 0 aliphatic rings. The van der Waals surface area contributed by atoms with Gasteiger partial charge in [-0.15, -0.1) is 0 Å². The van der Waals surface area contributed by atoms with Crippen LogP contribution in [0.25, 0.3) is 0 Å². The average Bonchev–Trinajstić information content (AvgIpc) is 2.30. The lowest BCUT2D eigenvalue weighted by atomic mass is 10.0. The molecular weight excluding hydrogens is 172 g/mol. The lowest BCUT2D eigenvalue weighted by Crippen LogP contribution is -1.96. The number of hydrogen-bond donors (Lipinski definition) is 0. The maximum absolute atomic E-state index is 11.9. The third-order valence-corrected chi connectivity index (χ3v) is 2.20. The van der Waals surface area contributed by atoms with E-state index in [1.807, 2.05) is 60.7 Å². The van der Waals surface area contributed by atoms with Gasteiger partial charge in [-0.3, -0.25) is 0 Å². The van der Waals surface area contributed by atoms with Gasteiger partial charge >= 0.3 is 0 Å². The van der Waals surface area contributed by atoms with Gasteiger partial charge in [-0.2, -0.15) is 0 Å². The first kappa shape index (κ1) is 8.97. The van der Waals surface area contributed by atoms with Gasteiger partial charge in [-0.1, -0.05) is 60.7 Å². The fourth-order valence-corrected chi connectivity index (χ4v) is 1.45. The van der Waals surface area contributed by atoms with Crippen molar-refractivity contribution in [3.63, 3.8) is 0 Å². The normalized spacial score (nSPS) is 10.4. The van der Waals surface area contributed by atoms with Crippen LogP contribution >= 0.6 is 0 Å². The standard InChI is InChI=1S/C13H11O/c14-13(11-7-3-1-4-8-11)12-9-5-2-6-10-12/h1-10,13H. The Labute approximate surface area is 83.6 Å². The molecule has 0 amide bonds. The zero-order chi connectivity index (χ0) is 9.80. The summed E-state index contributed by atoms with van der Waals surface area (Å²) in [6, 6.07) is 18.9. The Kier molecular flexibility index (Phi) is 2.61. The van der Waals surface area contributed by atoms with E-state index in [0.717, 1.165) is 11.1 Å². The lowest BCUT2D eigenvalue weighted by Gasteiger charge is -2.07. The molecular formula is C13H11O. The average molecular weight is 183 g/mol. The van der Waals surface area contributed by atoms with E-state index >= 15 is 0 Å². The summed E-state index contributed by atoms with van der Waals surface area (Å²) < 4.78 is 0. The van der Waals surface area contributed by atoms with Gasteiger partial charge in [0.05, 0.1) is 0 Å². The van der Waals surface area contributed by atoms with E-state index in [0.29, 0.717) is 0 Å². The fourth-order valence-electron chi connectivity index (χ4n) is 1.45. The maximum Gasteiger partial charge on any atom is 0.143 e. The number of rotatable bonds is 2. The third kappa shape index (κ3) is 1.83. The van der Waals surface area contributed by atoms with Crippen molar-refractivity contribution in [3.8, 4) is 0 Å². The molecule has 0 unspecified atom stereocenters. The van der Waals surface area contributed by atoms with E-state index in [1.165, 1.54) is 0 Å². The van der Waals surface area contributed by atoms with Crippen LogP contribution < -0.4 is 0 Å². The van der Waals surface area contributed by atoms with E-state index in [1.54, 1.807) is 0 Å². The molecule has 0 saturated heterocycles. The van der Waals surface area contributed by atoms with Crippen LogP contribution in [0.2, 0.25) is 0 Å². The highest BCUT2D eigenvalue weighted by atomic mass is 16.3. The van der Waals surface area contributed by atoms with Crippen LogP contribution in [0.5, 0.6) is 0 Å². The van der Waals surface area contributed by atoms with E-state index in [2.05, 4.69) is 0 Å². The van der Waals surface area contributed by atoms with Gasteiger partial charge < -0.3 is 0 Å². The van der Waals surface area contributed by atoms with Crippen LogP contribution in [0.4, 0.5) is 0 Å². The summed E-state index contributed by atoms with van der Waals surface area (Å²) in [5.74, 6) is 0. The summed E-state index contributed by atoms with van der Waals surface area (Å²) >= 11 is 0. The summed E-state index contributed by atoms with van der Waals surface area (Å²) in [4.78, 5) is 0. The van der Waals surface area contributed by atoms with Gasteiger partial charge in [0.2, 0.25) is 0 Å². The summed E-state index contributed by atoms with van der Waals surface area (Å²) in [6.45, 7) is 0. The Hall–Kier alpha value is -1.60. The second kappa shape index (κ2) is 4.07. The summed E-state index contributed by atoms with van der Waals surface area (Å²) in [7, 11) is 0. The molecule has 0 saturated carbocycles. The first-order valence-electron chi connectivity index (χ1n) is 4.63. The van der Waals surface area contributed by atoms with E-state index in [4.69, 9.17) is 0 Å². The second-order valence-electron chi connectivity index (χ2n) is 3.20. The summed E-state index contributed by atoms with van der Waals surface area (Å²) in [6.07, 6.45) is -0.766. The lowest BCUT2D eigenvalue weighted by molar-refractivity contribution is 0.124. The van der Waals surface area contributed by atoms with Crippen molar-refractivity contribution >= 4 is 0 Å². The van der Waals surface area contributed by atoms with Crippen LogP contribution in [-0.2, 0) is 5.11 Å². The molecule has 0 aromatic heterocycles. The van der Waals surface area contributed by atoms with E-state index in [9.17, 15) is 5.11 Å². The van der Waals surface area contributed by atoms with Crippen molar-refractivity contribution in [3.05, 3.63) is 71.8 Å². The van der Waals surface area contributed by atoms with Crippen LogP contribution in [-0.4, -0.2) is 0 Å². The van der Waals surface area contributed by atoms with Gasteiger partial charge in [-0.05, 0) is 11.1 Å². The highest BCUT2D eigenvalue weighted by molar-refractivity contribution is 5.29. The molecule has 0 N–H and O–H groups in total. The first-order valence-corrected chi connectivity index (χ1v) is 4.63. The molecule has 14 heavy (non-hydrogen) atoms. The molecule has 2 aromatic rings. The molecule has 0 bridgehead atoms. The van der Waals surface area contributed by atoms with Gasteiger partial charge in [-0.25, -0.2) is 5.11 Å². The smallest absolute Gasteiger partial charge is 0.143 e. The number of benzene rings is 2. The first-order chi connectivity index (χ1) is 6.88. The molecule has 0 atom stereocenters. The molecule has 2 aromatic carbocycles. The predicted octanol–water partition coefficient (Wildman–Crippen LogP) is 3.21. The molecule has 0 aliphatic heterocycles. The predicted molar refractivity (Wildman–Crippen MR) is 55.4 cm³/mol. The molecule has 69 valence electrons. The maximum atomic E-state index is 11.9. The third-order valence-electron chi connectivity index (χ3n) is 2.20. The topological polar surface area (TPSA) is 19.9 Å². The highest BCUT2D eigenvalue weighted by Crippen LogP contribution is 2.21. The Bertz CT molecular complexity index is 341. The van der Waals surface area contributed by atoms with Gasteiger partial charge in [0.1, 0.15) is 6.10 Å². The highest BCUT2D eigenvalue weighted by Gasteiger charge is 2.10. The zero-order valence-corrected chi connectivity index (χ0v) is 7.76. The van der Waals surface area contributed by atoms with Crippen LogP contribution in [0.1, 0.15) is 17.2 Å². The van der Waals surface area contributed by atoms with Crippen molar-refractivity contribution in [1.82, 2.24) is 0 Å². The van der Waals surface area contributed by atoms with Crippen LogP contribution in [0, 0.1) is 0 Å². The summed E-state index contributed by atoms with van der Waals surface area (Å²) in [5, 5.41) is 11.9. The fraction of sp³-hybridized carbons (Fsp3) is 0.0769. The minimum absolute atomic E-state index is 0.766. The SMILES string of the molecule is [O]C(c1ccccc1)c1ccccc1. The largest absolute Gasteiger partial charge is 0.223 e. The van der Waals surface area contributed by atoms with Crippen LogP contribution in [0.3, 0.4) is 0 Å². The monoisotopic (exact) mass is 183 g/mol. The Morgan fingerprint density at radius 3 is 1.36 bits per heavy atom. The minimum atomic E-state index is -0.766. The van der Waals surface area contributed by atoms with Crippen molar-refractivity contribution in [2.24, 2.45) is 0 Å². The Balaban J connectivity index is 2.30. The number of hydrogen-bond acceptors (Lipinski definition) is 0. The van der Waals surface area contributed by atoms with Crippen molar-refractivity contribution in [2.75, 3.05) is 0 Å². The van der Waals surface area contributed by atoms with Gasteiger partial charge in [0.25, 0.3) is 0 Å². The molecule has 1 nitrogen and oxygen atoms in total. The van der Waals surface area contributed by atoms with Crippen molar-refractivity contribution in [1.29, 1.82) is 0 Å². The zero-order valence-electron chi connectivity index (χ0n) is 7.76. The molecule has 0 aliphatic carbocycles. The van der Waals surface area contributed by atoms with Gasteiger partial charge in [0, 0.05) is 0 Å². The summed E-state index contributed by atoms with van der Waals surface area (Å²) in [5.41, 5.74) is 1.64. The Morgan fingerprint density at radius 1 is 0.643 bits per heavy atom. The second-order valence-corrected chi connectivity index (χ2v) is 3.20. The van der Waals surface area contributed by atoms with Crippen molar-refractivity contribution in [2.45, 2.75) is 6.10 Å². The molecule has 1 heteroatoms. The van der Waals surface area contributed by atoms with Crippen LogP contribution in [0.15, 0.2) is 60.7 Å². The molecule has 1 radical (unpaired) electrons. The molecule has 2 rings (SSSR count). The molecule has 0 fully saturated rings. The quantitative estimate of drug-likeness (QED) is 0.681. The van der Waals surface area contributed by atoms with E-state index in [-0.39, 0.29) is 0 Å².